The minimum atomic E-state index is -0.630. The van der Waals surface area contributed by atoms with Crippen LogP contribution in [-0.2, 0) is 4.74 Å². The molecule has 1 aromatic heterocycles. The fourth-order valence-electron chi connectivity index (χ4n) is 2.01. The van der Waals surface area contributed by atoms with E-state index in [-0.39, 0.29) is 6.61 Å². The van der Waals surface area contributed by atoms with Gasteiger partial charge in [0.25, 0.3) is 5.56 Å². The van der Waals surface area contributed by atoms with Gasteiger partial charge in [0, 0.05) is 18.2 Å². The average molecular weight is 251 g/mol. The van der Waals surface area contributed by atoms with Gasteiger partial charge in [-0.15, -0.1) is 0 Å². The maximum atomic E-state index is 11.7. The summed E-state index contributed by atoms with van der Waals surface area (Å²) in [7, 11) is 0. The van der Waals surface area contributed by atoms with Gasteiger partial charge in [0.05, 0.1) is 24.7 Å². The number of aryl methyl sites for hydroxylation is 1. The molecule has 1 aromatic rings. The molecule has 1 aliphatic rings. The standard InChI is InChI=1S/C11H13N3O4/c1-6-4-14(11(17)13-10(6)16)9-2-7(3-12)8(5-15)18-9/h4,7-9,15H,2,5H2,1H3,(H,13,16,17)/t7-,8+,9+/m0/s1. The van der Waals surface area contributed by atoms with Crippen molar-refractivity contribution in [2.75, 3.05) is 6.61 Å². The fraction of sp³-hybridized carbons (Fsp3) is 0.545. The Labute approximate surface area is 102 Å². The summed E-state index contributed by atoms with van der Waals surface area (Å²) in [6, 6.07) is 2.04. The van der Waals surface area contributed by atoms with Gasteiger partial charge in [-0.1, -0.05) is 0 Å². The van der Waals surface area contributed by atoms with Gasteiger partial charge in [-0.05, 0) is 6.92 Å². The summed E-state index contributed by atoms with van der Waals surface area (Å²) in [5.74, 6) is -0.459. The van der Waals surface area contributed by atoms with E-state index < -0.39 is 29.5 Å². The van der Waals surface area contributed by atoms with Gasteiger partial charge in [-0.3, -0.25) is 14.3 Å². The van der Waals surface area contributed by atoms with Crippen LogP contribution in [0.2, 0.25) is 0 Å². The molecule has 0 unspecified atom stereocenters. The number of nitrogens with zero attached hydrogens (tertiary/aromatic N) is 2. The highest BCUT2D eigenvalue weighted by atomic mass is 16.5. The molecule has 2 N–H and O–H groups in total. The molecule has 1 aliphatic heterocycles. The Morgan fingerprint density at radius 3 is 2.94 bits per heavy atom. The Kier molecular flexibility index (Phi) is 3.32. The number of aromatic amines is 1. The first-order chi connectivity index (χ1) is 8.56. The molecule has 0 radical (unpaired) electrons. The van der Waals surface area contributed by atoms with Crippen molar-refractivity contribution in [3.63, 3.8) is 0 Å². The molecule has 7 nitrogen and oxygen atoms in total. The van der Waals surface area contributed by atoms with Crippen molar-refractivity contribution in [2.24, 2.45) is 5.92 Å². The van der Waals surface area contributed by atoms with Gasteiger partial charge in [0.2, 0.25) is 0 Å². The van der Waals surface area contributed by atoms with E-state index in [2.05, 4.69) is 4.98 Å². The Balaban J connectivity index is 2.35. The Hall–Kier alpha value is -1.91. The van der Waals surface area contributed by atoms with E-state index >= 15 is 0 Å². The zero-order valence-corrected chi connectivity index (χ0v) is 9.79. The SMILES string of the molecule is Cc1cn([C@H]2C[C@@H](C#N)[C@@H](CO)O2)c(=O)[nH]c1=O. The third-order valence-electron chi connectivity index (χ3n) is 3.04. The molecule has 0 bridgehead atoms. The summed E-state index contributed by atoms with van der Waals surface area (Å²) in [5, 5.41) is 18.0. The van der Waals surface area contributed by atoms with Gasteiger partial charge in [-0.2, -0.15) is 5.26 Å². The molecule has 1 saturated heterocycles. The summed E-state index contributed by atoms with van der Waals surface area (Å²) in [4.78, 5) is 25.1. The number of hydrogen-bond donors (Lipinski definition) is 2. The van der Waals surface area contributed by atoms with Crippen molar-refractivity contribution in [2.45, 2.75) is 25.7 Å². The zero-order chi connectivity index (χ0) is 13.3. The topological polar surface area (TPSA) is 108 Å². The van der Waals surface area contributed by atoms with Crippen LogP contribution in [0.15, 0.2) is 15.8 Å². The summed E-state index contributed by atoms with van der Waals surface area (Å²) in [5.41, 5.74) is -0.630. The minimum absolute atomic E-state index is 0.272. The molecule has 96 valence electrons. The molecule has 0 spiro atoms. The molecule has 18 heavy (non-hydrogen) atoms. The predicted octanol–water partition coefficient (Wildman–Crippen LogP) is -0.735. The number of rotatable bonds is 2. The lowest BCUT2D eigenvalue weighted by atomic mass is 10.0. The smallest absolute Gasteiger partial charge is 0.330 e. The number of aliphatic hydroxyl groups is 1. The molecule has 0 saturated carbocycles. The lowest BCUT2D eigenvalue weighted by Crippen LogP contribution is -2.33. The number of nitrogens with one attached hydrogen (secondary N) is 1. The molecular formula is C11H13N3O4. The predicted molar refractivity (Wildman–Crippen MR) is 60.8 cm³/mol. The second kappa shape index (κ2) is 4.76. The number of nitriles is 1. The molecule has 0 aliphatic carbocycles. The first-order valence-corrected chi connectivity index (χ1v) is 5.54. The van der Waals surface area contributed by atoms with Crippen LogP contribution in [0.4, 0.5) is 0 Å². The van der Waals surface area contributed by atoms with Crippen LogP contribution in [0.5, 0.6) is 0 Å². The molecular weight excluding hydrogens is 238 g/mol. The number of aliphatic hydroxyl groups excluding tert-OH is 1. The highest BCUT2D eigenvalue weighted by Gasteiger charge is 2.36. The van der Waals surface area contributed by atoms with E-state index in [9.17, 15) is 9.59 Å². The summed E-state index contributed by atoms with van der Waals surface area (Å²) >= 11 is 0. The van der Waals surface area contributed by atoms with Gasteiger partial charge >= 0.3 is 5.69 Å². The van der Waals surface area contributed by atoms with Crippen LogP contribution in [-0.4, -0.2) is 27.4 Å². The third-order valence-corrected chi connectivity index (χ3v) is 3.04. The molecule has 3 atom stereocenters. The van der Waals surface area contributed by atoms with Crippen LogP contribution in [0.1, 0.15) is 18.2 Å². The quantitative estimate of drug-likeness (QED) is 0.720. The fourth-order valence-corrected chi connectivity index (χ4v) is 2.01. The van der Waals surface area contributed by atoms with Crippen LogP contribution in [0, 0.1) is 24.2 Å². The lowest BCUT2D eigenvalue weighted by molar-refractivity contribution is -0.0291. The summed E-state index contributed by atoms with van der Waals surface area (Å²) in [6.07, 6.45) is 0.488. The maximum absolute atomic E-state index is 11.7. The number of aromatic nitrogens is 2. The number of ether oxygens (including phenoxy) is 1. The zero-order valence-electron chi connectivity index (χ0n) is 9.79. The molecule has 7 heteroatoms. The summed E-state index contributed by atoms with van der Waals surface area (Å²) in [6.45, 7) is 1.31. The van der Waals surface area contributed by atoms with E-state index in [0.29, 0.717) is 12.0 Å². The van der Waals surface area contributed by atoms with E-state index in [0.717, 1.165) is 0 Å². The van der Waals surface area contributed by atoms with E-state index in [1.54, 1.807) is 6.92 Å². The minimum Gasteiger partial charge on any atom is -0.394 e. The second-order valence-corrected chi connectivity index (χ2v) is 4.26. The first-order valence-electron chi connectivity index (χ1n) is 5.54. The van der Waals surface area contributed by atoms with Crippen molar-refractivity contribution >= 4 is 0 Å². The van der Waals surface area contributed by atoms with Gasteiger partial charge in [0.15, 0.2) is 0 Å². The Morgan fingerprint density at radius 1 is 1.67 bits per heavy atom. The van der Waals surface area contributed by atoms with Crippen molar-refractivity contribution in [1.82, 2.24) is 9.55 Å². The molecule has 2 heterocycles. The number of H-pyrrole nitrogens is 1. The Morgan fingerprint density at radius 2 is 2.39 bits per heavy atom. The van der Waals surface area contributed by atoms with Crippen LogP contribution in [0.25, 0.3) is 0 Å². The van der Waals surface area contributed by atoms with Crippen molar-refractivity contribution in [3.05, 3.63) is 32.6 Å². The molecule has 2 rings (SSSR count). The monoisotopic (exact) mass is 251 g/mol. The largest absolute Gasteiger partial charge is 0.394 e. The highest BCUT2D eigenvalue weighted by Crippen LogP contribution is 2.31. The maximum Gasteiger partial charge on any atom is 0.330 e. The second-order valence-electron chi connectivity index (χ2n) is 4.26. The normalized spacial score (nSPS) is 27.1. The van der Waals surface area contributed by atoms with Crippen molar-refractivity contribution in [3.8, 4) is 6.07 Å². The van der Waals surface area contributed by atoms with Crippen molar-refractivity contribution in [1.29, 1.82) is 5.26 Å². The lowest BCUT2D eigenvalue weighted by Gasteiger charge is -2.14. The van der Waals surface area contributed by atoms with Crippen LogP contribution >= 0.6 is 0 Å². The van der Waals surface area contributed by atoms with Crippen LogP contribution in [0.3, 0.4) is 0 Å². The average Bonchev–Trinajstić information content (AvgIpc) is 2.76. The van der Waals surface area contributed by atoms with E-state index in [1.807, 2.05) is 6.07 Å². The van der Waals surface area contributed by atoms with Gasteiger partial charge in [0.1, 0.15) is 6.23 Å². The first kappa shape index (κ1) is 12.5. The van der Waals surface area contributed by atoms with Gasteiger partial charge in [-0.25, -0.2) is 4.79 Å². The van der Waals surface area contributed by atoms with E-state index in [1.165, 1.54) is 10.8 Å². The van der Waals surface area contributed by atoms with Gasteiger partial charge < -0.3 is 9.84 Å². The van der Waals surface area contributed by atoms with E-state index in [4.69, 9.17) is 15.1 Å². The van der Waals surface area contributed by atoms with Crippen LogP contribution < -0.4 is 11.2 Å². The Bertz CT molecular complexity index is 598. The number of hydrogen-bond acceptors (Lipinski definition) is 5. The molecule has 0 aromatic carbocycles. The summed E-state index contributed by atoms with van der Waals surface area (Å²) < 4.78 is 6.69. The third kappa shape index (κ3) is 2.08. The molecule has 1 fully saturated rings. The highest BCUT2D eigenvalue weighted by molar-refractivity contribution is 5.03. The molecule has 0 amide bonds. The van der Waals surface area contributed by atoms with Crippen molar-refractivity contribution < 1.29 is 9.84 Å².